The van der Waals surface area contributed by atoms with E-state index in [2.05, 4.69) is 4.74 Å². The zero-order valence-corrected chi connectivity index (χ0v) is 7.63. The van der Waals surface area contributed by atoms with E-state index in [0.717, 1.165) is 6.07 Å². The molecule has 0 aliphatic carbocycles. The van der Waals surface area contributed by atoms with Crippen molar-refractivity contribution in [2.45, 2.75) is 6.18 Å². The Bertz CT molecular complexity index is 385. The summed E-state index contributed by atoms with van der Waals surface area (Å²) in [7, 11) is 1.18. The first-order valence-corrected chi connectivity index (χ1v) is 3.83. The van der Waals surface area contributed by atoms with Gasteiger partial charge in [0, 0.05) is 5.56 Å². The summed E-state index contributed by atoms with van der Waals surface area (Å²) in [6.07, 6.45) is -4.62. The van der Waals surface area contributed by atoms with E-state index in [1.54, 1.807) is 0 Å². The Labute approximate surface area is 83.1 Å². The standard InChI is InChI=1S/C9H7F3O3/c1-15-8-2-5(4-13)6(3-7(8)14)9(10,11)12/h2-4,14H,1H3. The first-order valence-electron chi connectivity index (χ1n) is 3.83. The lowest BCUT2D eigenvalue weighted by molar-refractivity contribution is -0.137. The highest BCUT2D eigenvalue weighted by Crippen LogP contribution is 2.37. The van der Waals surface area contributed by atoms with Gasteiger partial charge in [-0.2, -0.15) is 13.2 Å². The van der Waals surface area contributed by atoms with Crippen LogP contribution in [0.1, 0.15) is 15.9 Å². The smallest absolute Gasteiger partial charge is 0.417 e. The van der Waals surface area contributed by atoms with Crippen LogP contribution in [-0.4, -0.2) is 18.5 Å². The monoisotopic (exact) mass is 220 g/mol. The van der Waals surface area contributed by atoms with Gasteiger partial charge in [-0.15, -0.1) is 0 Å². The van der Waals surface area contributed by atoms with Crippen LogP contribution in [0.5, 0.6) is 11.5 Å². The van der Waals surface area contributed by atoms with Gasteiger partial charge in [0.2, 0.25) is 0 Å². The quantitative estimate of drug-likeness (QED) is 0.777. The number of rotatable bonds is 2. The van der Waals surface area contributed by atoms with Crippen LogP contribution in [0.2, 0.25) is 0 Å². The summed E-state index contributed by atoms with van der Waals surface area (Å²) in [5, 5.41) is 9.13. The number of carbonyl (C=O) groups excluding carboxylic acids is 1. The Morgan fingerprint density at radius 2 is 2.00 bits per heavy atom. The summed E-state index contributed by atoms with van der Waals surface area (Å²) in [5.74, 6) is -0.833. The Kier molecular flexibility index (Phi) is 2.88. The van der Waals surface area contributed by atoms with Gasteiger partial charge in [-0.3, -0.25) is 4.79 Å². The number of halogens is 3. The van der Waals surface area contributed by atoms with Crippen molar-refractivity contribution >= 4 is 6.29 Å². The molecule has 0 atom stereocenters. The predicted octanol–water partition coefficient (Wildman–Crippen LogP) is 2.23. The minimum atomic E-state index is -4.68. The van der Waals surface area contributed by atoms with Gasteiger partial charge in [-0.25, -0.2) is 0 Å². The van der Waals surface area contributed by atoms with Gasteiger partial charge in [0.15, 0.2) is 17.8 Å². The normalized spacial score (nSPS) is 11.2. The molecule has 1 aromatic rings. The van der Waals surface area contributed by atoms with Crippen LogP contribution in [-0.2, 0) is 6.18 Å². The van der Waals surface area contributed by atoms with E-state index in [0.29, 0.717) is 6.07 Å². The van der Waals surface area contributed by atoms with E-state index in [-0.39, 0.29) is 12.0 Å². The van der Waals surface area contributed by atoms with Gasteiger partial charge in [-0.1, -0.05) is 0 Å². The molecular weight excluding hydrogens is 213 g/mol. The van der Waals surface area contributed by atoms with Crippen molar-refractivity contribution in [1.82, 2.24) is 0 Å². The highest BCUT2D eigenvalue weighted by atomic mass is 19.4. The van der Waals surface area contributed by atoms with E-state index in [1.807, 2.05) is 0 Å². The molecule has 1 N–H and O–H groups in total. The second-order valence-corrected chi connectivity index (χ2v) is 2.73. The number of phenols is 1. The molecule has 0 heterocycles. The fraction of sp³-hybridized carbons (Fsp3) is 0.222. The number of ether oxygens (including phenoxy) is 1. The zero-order chi connectivity index (χ0) is 11.6. The lowest BCUT2D eigenvalue weighted by Gasteiger charge is -2.11. The van der Waals surface area contributed by atoms with Crippen LogP contribution in [0, 0.1) is 0 Å². The Morgan fingerprint density at radius 3 is 2.40 bits per heavy atom. The zero-order valence-electron chi connectivity index (χ0n) is 7.63. The number of phenolic OH excluding ortho intramolecular Hbond substituents is 1. The molecule has 0 spiro atoms. The Morgan fingerprint density at radius 1 is 1.40 bits per heavy atom. The number of hydrogen-bond donors (Lipinski definition) is 1. The molecule has 0 amide bonds. The fourth-order valence-electron chi connectivity index (χ4n) is 1.09. The first kappa shape index (κ1) is 11.4. The Balaban J connectivity index is 3.41. The molecule has 82 valence electrons. The van der Waals surface area contributed by atoms with Crippen LogP contribution < -0.4 is 4.74 Å². The van der Waals surface area contributed by atoms with E-state index < -0.39 is 23.1 Å². The molecule has 0 saturated heterocycles. The lowest BCUT2D eigenvalue weighted by Crippen LogP contribution is -2.09. The number of aromatic hydroxyl groups is 1. The molecule has 0 fully saturated rings. The molecule has 0 radical (unpaired) electrons. The first-order chi connectivity index (χ1) is 6.90. The average Bonchev–Trinajstić information content (AvgIpc) is 2.16. The van der Waals surface area contributed by atoms with Crippen molar-refractivity contribution in [3.63, 3.8) is 0 Å². The molecule has 0 saturated carbocycles. The van der Waals surface area contributed by atoms with Crippen molar-refractivity contribution in [2.24, 2.45) is 0 Å². The van der Waals surface area contributed by atoms with Crippen LogP contribution in [0.25, 0.3) is 0 Å². The molecule has 1 rings (SSSR count). The van der Waals surface area contributed by atoms with Crippen molar-refractivity contribution in [3.8, 4) is 11.5 Å². The minimum Gasteiger partial charge on any atom is -0.504 e. The third-order valence-corrected chi connectivity index (χ3v) is 1.78. The van der Waals surface area contributed by atoms with Crippen LogP contribution >= 0.6 is 0 Å². The molecule has 0 bridgehead atoms. The van der Waals surface area contributed by atoms with E-state index >= 15 is 0 Å². The maximum absolute atomic E-state index is 12.3. The highest BCUT2D eigenvalue weighted by molar-refractivity contribution is 5.79. The van der Waals surface area contributed by atoms with Gasteiger partial charge in [0.1, 0.15) is 0 Å². The van der Waals surface area contributed by atoms with Crippen LogP contribution in [0.4, 0.5) is 13.2 Å². The minimum absolute atomic E-state index is 0.0603. The van der Waals surface area contributed by atoms with Crippen molar-refractivity contribution in [2.75, 3.05) is 7.11 Å². The molecule has 1 aromatic carbocycles. The average molecular weight is 220 g/mol. The number of aldehydes is 1. The summed E-state index contributed by atoms with van der Waals surface area (Å²) in [6, 6.07) is 1.30. The third kappa shape index (κ3) is 2.20. The highest BCUT2D eigenvalue weighted by Gasteiger charge is 2.34. The second-order valence-electron chi connectivity index (χ2n) is 2.73. The van der Waals surface area contributed by atoms with Gasteiger partial charge in [-0.05, 0) is 12.1 Å². The van der Waals surface area contributed by atoms with Crippen LogP contribution in [0.3, 0.4) is 0 Å². The van der Waals surface area contributed by atoms with E-state index in [9.17, 15) is 18.0 Å². The summed E-state index contributed by atoms with van der Waals surface area (Å²) in [5.41, 5.74) is -1.76. The molecule has 0 unspecified atom stereocenters. The maximum atomic E-state index is 12.3. The molecule has 6 heteroatoms. The molecular formula is C9H7F3O3. The SMILES string of the molecule is COc1cc(C=O)c(C(F)(F)F)cc1O. The number of hydrogen-bond acceptors (Lipinski definition) is 3. The van der Waals surface area contributed by atoms with Gasteiger partial charge in [0.25, 0.3) is 0 Å². The molecule has 0 aliphatic rings. The van der Waals surface area contributed by atoms with E-state index in [1.165, 1.54) is 7.11 Å². The number of carbonyl (C=O) groups is 1. The molecule has 15 heavy (non-hydrogen) atoms. The lowest BCUT2D eigenvalue weighted by atomic mass is 10.1. The predicted molar refractivity (Wildman–Crippen MR) is 45.0 cm³/mol. The summed E-state index contributed by atoms with van der Waals surface area (Å²) in [6.45, 7) is 0. The maximum Gasteiger partial charge on any atom is 0.417 e. The van der Waals surface area contributed by atoms with Crippen molar-refractivity contribution < 1.29 is 27.8 Å². The fourth-order valence-corrected chi connectivity index (χ4v) is 1.09. The number of methoxy groups -OCH3 is 1. The number of benzene rings is 1. The molecule has 3 nitrogen and oxygen atoms in total. The second kappa shape index (κ2) is 3.80. The van der Waals surface area contributed by atoms with Gasteiger partial charge < -0.3 is 9.84 Å². The van der Waals surface area contributed by atoms with Gasteiger partial charge in [0.05, 0.1) is 12.7 Å². The molecule has 0 aliphatic heterocycles. The summed E-state index contributed by atoms with van der Waals surface area (Å²) >= 11 is 0. The molecule has 0 aromatic heterocycles. The topological polar surface area (TPSA) is 46.5 Å². The van der Waals surface area contributed by atoms with Crippen LogP contribution in [0.15, 0.2) is 12.1 Å². The summed E-state index contributed by atoms with van der Waals surface area (Å²) < 4.78 is 41.6. The Hall–Kier alpha value is -1.72. The largest absolute Gasteiger partial charge is 0.504 e. The van der Waals surface area contributed by atoms with Gasteiger partial charge >= 0.3 is 6.18 Å². The summed E-state index contributed by atoms with van der Waals surface area (Å²) in [4.78, 5) is 10.4. The van der Waals surface area contributed by atoms with E-state index in [4.69, 9.17) is 5.11 Å². The van der Waals surface area contributed by atoms with Crippen molar-refractivity contribution in [3.05, 3.63) is 23.3 Å². The van der Waals surface area contributed by atoms with Crippen molar-refractivity contribution in [1.29, 1.82) is 0 Å². The number of alkyl halides is 3. The third-order valence-electron chi connectivity index (χ3n) is 1.78.